The number of hydroxylamine groups is 2. The summed E-state index contributed by atoms with van der Waals surface area (Å²) < 4.78 is 0. The van der Waals surface area contributed by atoms with E-state index in [4.69, 9.17) is 4.84 Å². The Morgan fingerprint density at radius 2 is 2.19 bits per heavy atom. The number of amides is 2. The van der Waals surface area contributed by atoms with E-state index in [1.54, 1.807) is 18.1 Å². The predicted molar refractivity (Wildman–Crippen MR) is 61.2 cm³/mol. The largest absolute Gasteiger partial charge is 0.347 e. The summed E-state index contributed by atoms with van der Waals surface area (Å²) in [6.07, 6.45) is 3.71. The van der Waals surface area contributed by atoms with Gasteiger partial charge in [-0.1, -0.05) is 24.3 Å². The number of carbonyl (C=O) groups excluding carboxylic acids is 1. The van der Waals surface area contributed by atoms with Crippen molar-refractivity contribution < 1.29 is 9.63 Å². The Kier molecular flexibility index (Phi) is 2.92. The molecule has 0 atom stereocenters. The topological polar surface area (TPSA) is 32.8 Å². The lowest BCUT2D eigenvalue weighted by Crippen LogP contribution is -2.37. The van der Waals surface area contributed by atoms with E-state index in [-0.39, 0.29) is 6.03 Å². The maximum atomic E-state index is 11.8. The molecule has 1 aromatic rings. The number of nitrogens with zero attached hydrogens (tertiary/aromatic N) is 2. The Balaban J connectivity index is 2.17. The summed E-state index contributed by atoms with van der Waals surface area (Å²) in [5.41, 5.74) is 2.30. The highest BCUT2D eigenvalue weighted by molar-refractivity contribution is 5.76. The number of hydrogen-bond acceptors (Lipinski definition) is 2. The number of carbonyl (C=O) groups is 1. The van der Waals surface area contributed by atoms with Crippen molar-refractivity contribution in [2.45, 2.75) is 6.54 Å². The van der Waals surface area contributed by atoms with E-state index in [2.05, 4.69) is 0 Å². The van der Waals surface area contributed by atoms with Crippen LogP contribution in [0, 0.1) is 0 Å². The smallest absolute Gasteiger partial charge is 0.295 e. The van der Waals surface area contributed by atoms with Gasteiger partial charge in [-0.15, -0.1) is 0 Å². The molecule has 1 aliphatic heterocycles. The molecule has 0 spiro atoms. The van der Waals surface area contributed by atoms with Gasteiger partial charge in [0.25, 0.3) is 0 Å². The summed E-state index contributed by atoms with van der Waals surface area (Å²) in [4.78, 5) is 18.3. The molecular weight excluding hydrogens is 204 g/mol. The zero-order chi connectivity index (χ0) is 11.5. The second-order valence-electron chi connectivity index (χ2n) is 3.61. The number of hydrogen-bond donors (Lipinski definition) is 0. The molecule has 0 N–H and O–H groups in total. The van der Waals surface area contributed by atoms with Gasteiger partial charge in [0.15, 0.2) is 0 Å². The number of urea groups is 1. The molecule has 0 fully saturated rings. The fourth-order valence-electron chi connectivity index (χ4n) is 1.64. The van der Waals surface area contributed by atoms with Crippen molar-refractivity contribution in [3.8, 4) is 0 Å². The molecule has 0 bridgehead atoms. The van der Waals surface area contributed by atoms with Gasteiger partial charge < -0.3 is 0 Å². The first-order chi connectivity index (χ1) is 7.72. The van der Waals surface area contributed by atoms with Crippen LogP contribution >= 0.6 is 0 Å². The Bertz CT molecular complexity index is 429. The van der Waals surface area contributed by atoms with Crippen LogP contribution in [0.1, 0.15) is 11.1 Å². The van der Waals surface area contributed by atoms with Crippen molar-refractivity contribution in [3.63, 3.8) is 0 Å². The van der Waals surface area contributed by atoms with Crippen molar-refractivity contribution in [2.75, 3.05) is 14.2 Å². The van der Waals surface area contributed by atoms with Gasteiger partial charge in [0.2, 0.25) is 0 Å². The summed E-state index contributed by atoms with van der Waals surface area (Å²) in [6, 6.07) is 7.84. The third kappa shape index (κ3) is 1.92. The SMILES string of the molecule is CON(C)C(=O)N1C=Cc2ccccc2C1. The molecule has 84 valence electrons. The highest BCUT2D eigenvalue weighted by Gasteiger charge is 2.19. The van der Waals surface area contributed by atoms with Crippen LogP contribution in [0.25, 0.3) is 6.08 Å². The summed E-state index contributed by atoms with van der Waals surface area (Å²) in [5.74, 6) is 0. The Morgan fingerprint density at radius 1 is 1.44 bits per heavy atom. The lowest BCUT2D eigenvalue weighted by atomic mass is 10.0. The zero-order valence-corrected chi connectivity index (χ0v) is 9.38. The standard InChI is InChI=1S/C12H14N2O2/c1-13(16-2)12(15)14-8-7-10-5-3-4-6-11(10)9-14/h3-8H,9H2,1-2H3. The molecule has 2 rings (SSSR count). The fraction of sp³-hybridized carbons (Fsp3) is 0.250. The molecule has 4 heteroatoms. The summed E-state index contributed by atoms with van der Waals surface area (Å²) in [7, 11) is 3.07. The van der Waals surface area contributed by atoms with Gasteiger partial charge in [-0.2, -0.15) is 0 Å². The first-order valence-electron chi connectivity index (χ1n) is 5.07. The van der Waals surface area contributed by atoms with E-state index in [0.29, 0.717) is 6.54 Å². The molecule has 1 heterocycles. The summed E-state index contributed by atoms with van der Waals surface area (Å²) in [6.45, 7) is 0.583. The van der Waals surface area contributed by atoms with Crippen molar-refractivity contribution in [2.24, 2.45) is 0 Å². The number of fused-ring (bicyclic) bond motifs is 1. The minimum absolute atomic E-state index is 0.173. The molecule has 0 radical (unpaired) electrons. The molecule has 0 unspecified atom stereocenters. The first kappa shape index (κ1) is 10.7. The summed E-state index contributed by atoms with van der Waals surface area (Å²) in [5, 5.41) is 1.21. The van der Waals surface area contributed by atoms with Gasteiger partial charge >= 0.3 is 6.03 Å². The quantitative estimate of drug-likeness (QED) is 0.676. The number of benzene rings is 1. The number of rotatable bonds is 1. The van der Waals surface area contributed by atoms with Crippen LogP contribution in [-0.4, -0.2) is 30.2 Å². The van der Waals surface area contributed by atoms with E-state index >= 15 is 0 Å². The van der Waals surface area contributed by atoms with Crippen molar-refractivity contribution in [1.82, 2.24) is 9.96 Å². The molecule has 0 aliphatic carbocycles. The third-order valence-electron chi connectivity index (χ3n) is 2.62. The van der Waals surface area contributed by atoms with E-state index in [1.165, 1.54) is 12.2 Å². The lowest BCUT2D eigenvalue weighted by Gasteiger charge is -2.26. The Morgan fingerprint density at radius 3 is 2.94 bits per heavy atom. The average Bonchev–Trinajstić information content (AvgIpc) is 2.36. The normalized spacial score (nSPS) is 13.5. The average molecular weight is 218 g/mol. The molecule has 2 amide bonds. The molecule has 0 saturated carbocycles. The molecule has 0 aromatic heterocycles. The van der Waals surface area contributed by atoms with Crippen LogP contribution < -0.4 is 0 Å². The van der Waals surface area contributed by atoms with Crippen LogP contribution in [-0.2, 0) is 11.4 Å². The van der Waals surface area contributed by atoms with Crippen molar-refractivity contribution >= 4 is 12.1 Å². The maximum absolute atomic E-state index is 11.8. The minimum atomic E-state index is -0.173. The van der Waals surface area contributed by atoms with Gasteiger partial charge in [0.1, 0.15) is 0 Å². The third-order valence-corrected chi connectivity index (χ3v) is 2.62. The molecule has 4 nitrogen and oxygen atoms in total. The molecule has 0 saturated heterocycles. The molecular formula is C12H14N2O2. The van der Waals surface area contributed by atoms with Crippen LogP contribution in [0.3, 0.4) is 0 Å². The van der Waals surface area contributed by atoms with Crippen molar-refractivity contribution in [3.05, 3.63) is 41.6 Å². The highest BCUT2D eigenvalue weighted by atomic mass is 16.7. The van der Waals surface area contributed by atoms with Crippen LogP contribution in [0.4, 0.5) is 4.79 Å². The lowest BCUT2D eigenvalue weighted by molar-refractivity contribution is -0.0733. The van der Waals surface area contributed by atoms with Gasteiger partial charge in [0.05, 0.1) is 13.7 Å². The first-order valence-corrected chi connectivity index (χ1v) is 5.07. The zero-order valence-electron chi connectivity index (χ0n) is 9.38. The Labute approximate surface area is 94.7 Å². The second-order valence-corrected chi connectivity index (χ2v) is 3.61. The molecule has 16 heavy (non-hydrogen) atoms. The summed E-state index contributed by atoms with van der Waals surface area (Å²) >= 11 is 0. The van der Waals surface area contributed by atoms with Gasteiger partial charge in [0, 0.05) is 13.2 Å². The van der Waals surface area contributed by atoms with Gasteiger partial charge in [-0.3, -0.25) is 9.74 Å². The molecule has 1 aromatic carbocycles. The van der Waals surface area contributed by atoms with E-state index < -0.39 is 0 Å². The van der Waals surface area contributed by atoms with Crippen molar-refractivity contribution in [1.29, 1.82) is 0 Å². The maximum Gasteiger partial charge on any atom is 0.347 e. The monoisotopic (exact) mass is 218 g/mol. The van der Waals surface area contributed by atoms with Crippen LogP contribution in [0.15, 0.2) is 30.5 Å². The van der Waals surface area contributed by atoms with Gasteiger partial charge in [-0.05, 0) is 17.2 Å². The molecule has 1 aliphatic rings. The van der Waals surface area contributed by atoms with E-state index in [1.807, 2.05) is 30.3 Å². The highest BCUT2D eigenvalue weighted by Crippen LogP contribution is 2.19. The fourth-order valence-corrected chi connectivity index (χ4v) is 1.64. The minimum Gasteiger partial charge on any atom is -0.295 e. The van der Waals surface area contributed by atoms with E-state index in [0.717, 1.165) is 11.1 Å². The van der Waals surface area contributed by atoms with Crippen LogP contribution in [0.2, 0.25) is 0 Å². The second kappa shape index (κ2) is 4.37. The van der Waals surface area contributed by atoms with Gasteiger partial charge in [-0.25, -0.2) is 9.86 Å². The predicted octanol–water partition coefficient (Wildman–Crippen LogP) is 2.09. The Hall–Kier alpha value is -1.81. The van der Waals surface area contributed by atoms with Crippen LogP contribution in [0.5, 0.6) is 0 Å². The van der Waals surface area contributed by atoms with E-state index in [9.17, 15) is 4.79 Å².